The number of H-pyrrole nitrogens is 1. The van der Waals surface area contributed by atoms with Gasteiger partial charge in [-0.05, 0) is 66.5 Å². The highest BCUT2D eigenvalue weighted by molar-refractivity contribution is 9.10. The van der Waals surface area contributed by atoms with Gasteiger partial charge < -0.3 is 19.8 Å². The Labute approximate surface area is 162 Å². The standard InChI is InChI=1S/C20H24BrN3O2/c1-4-25-18-10-14(9-15(21)20(18)26-13(2)3)11-22-12-19-23-16-7-5-6-8-17(16)24-19/h5-10,13,22H,4,11-12H2,1-3H3,(H,23,24). The minimum Gasteiger partial charge on any atom is -0.490 e. The molecule has 0 radical (unpaired) electrons. The Hall–Kier alpha value is -2.05. The second kappa shape index (κ2) is 8.56. The van der Waals surface area contributed by atoms with Crippen LogP contribution in [-0.4, -0.2) is 22.7 Å². The van der Waals surface area contributed by atoms with Gasteiger partial charge in [0.1, 0.15) is 5.82 Å². The molecule has 138 valence electrons. The minimum absolute atomic E-state index is 0.0857. The fourth-order valence-corrected chi connectivity index (χ4v) is 3.33. The van der Waals surface area contributed by atoms with Gasteiger partial charge in [0.2, 0.25) is 0 Å². The predicted molar refractivity (Wildman–Crippen MR) is 108 cm³/mol. The molecule has 0 unspecified atom stereocenters. The highest BCUT2D eigenvalue weighted by atomic mass is 79.9. The molecule has 0 atom stereocenters. The molecule has 26 heavy (non-hydrogen) atoms. The number of rotatable bonds is 8. The molecule has 0 bridgehead atoms. The highest BCUT2D eigenvalue weighted by Gasteiger charge is 2.13. The number of halogens is 1. The lowest BCUT2D eigenvalue weighted by molar-refractivity contribution is 0.222. The number of hydrogen-bond donors (Lipinski definition) is 2. The number of benzene rings is 2. The zero-order valence-electron chi connectivity index (χ0n) is 15.3. The van der Waals surface area contributed by atoms with Gasteiger partial charge in [-0.2, -0.15) is 0 Å². The lowest BCUT2D eigenvalue weighted by Gasteiger charge is -2.17. The summed E-state index contributed by atoms with van der Waals surface area (Å²) in [6, 6.07) is 12.1. The van der Waals surface area contributed by atoms with Crippen molar-refractivity contribution in [2.24, 2.45) is 0 Å². The fourth-order valence-electron chi connectivity index (χ4n) is 2.75. The van der Waals surface area contributed by atoms with Crippen LogP contribution in [0.3, 0.4) is 0 Å². The molecule has 1 heterocycles. The van der Waals surface area contributed by atoms with Crippen LogP contribution in [0.15, 0.2) is 40.9 Å². The monoisotopic (exact) mass is 417 g/mol. The van der Waals surface area contributed by atoms with E-state index < -0.39 is 0 Å². The van der Waals surface area contributed by atoms with Crippen molar-refractivity contribution >= 4 is 27.0 Å². The van der Waals surface area contributed by atoms with Gasteiger partial charge in [0.25, 0.3) is 0 Å². The summed E-state index contributed by atoms with van der Waals surface area (Å²) in [4.78, 5) is 7.91. The van der Waals surface area contributed by atoms with Crippen molar-refractivity contribution in [2.75, 3.05) is 6.61 Å². The third-order valence-electron chi connectivity index (χ3n) is 3.78. The van der Waals surface area contributed by atoms with Gasteiger partial charge in [0.05, 0.1) is 34.8 Å². The molecule has 6 heteroatoms. The number of hydrogen-bond acceptors (Lipinski definition) is 4. The molecule has 5 nitrogen and oxygen atoms in total. The molecule has 0 aliphatic heterocycles. The molecule has 2 aromatic carbocycles. The van der Waals surface area contributed by atoms with Crippen molar-refractivity contribution in [2.45, 2.75) is 40.0 Å². The minimum atomic E-state index is 0.0857. The van der Waals surface area contributed by atoms with Gasteiger partial charge in [-0.25, -0.2) is 4.98 Å². The second-order valence-corrected chi connectivity index (χ2v) is 7.16. The molecule has 2 N–H and O–H groups in total. The van der Waals surface area contributed by atoms with E-state index in [1.54, 1.807) is 0 Å². The third kappa shape index (κ3) is 4.56. The lowest BCUT2D eigenvalue weighted by Crippen LogP contribution is -2.14. The van der Waals surface area contributed by atoms with Crippen molar-refractivity contribution in [1.29, 1.82) is 0 Å². The molecule has 0 aliphatic carbocycles. The van der Waals surface area contributed by atoms with E-state index in [1.807, 2.05) is 51.1 Å². The maximum atomic E-state index is 5.88. The van der Waals surface area contributed by atoms with Crippen LogP contribution in [0.1, 0.15) is 32.2 Å². The van der Waals surface area contributed by atoms with Gasteiger partial charge in [0, 0.05) is 6.54 Å². The van der Waals surface area contributed by atoms with Crippen LogP contribution in [0.25, 0.3) is 11.0 Å². The van der Waals surface area contributed by atoms with Crippen LogP contribution in [-0.2, 0) is 13.1 Å². The van der Waals surface area contributed by atoms with Gasteiger partial charge in [-0.3, -0.25) is 0 Å². The van der Waals surface area contributed by atoms with Crippen molar-refractivity contribution < 1.29 is 9.47 Å². The Morgan fingerprint density at radius 1 is 1.19 bits per heavy atom. The number of nitrogens with one attached hydrogen (secondary N) is 2. The smallest absolute Gasteiger partial charge is 0.175 e. The van der Waals surface area contributed by atoms with Crippen molar-refractivity contribution in [3.05, 3.63) is 52.3 Å². The first-order chi connectivity index (χ1) is 12.6. The zero-order chi connectivity index (χ0) is 18.5. The first-order valence-corrected chi connectivity index (χ1v) is 9.62. The van der Waals surface area contributed by atoms with E-state index in [4.69, 9.17) is 9.47 Å². The van der Waals surface area contributed by atoms with E-state index in [9.17, 15) is 0 Å². The number of nitrogens with zero attached hydrogens (tertiary/aromatic N) is 1. The quantitative estimate of drug-likeness (QED) is 0.552. The van der Waals surface area contributed by atoms with Crippen molar-refractivity contribution in [3.63, 3.8) is 0 Å². The van der Waals surface area contributed by atoms with Gasteiger partial charge >= 0.3 is 0 Å². The molecule has 0 saturated heterocycles. The summed E-state index contributed by atoms with van der Waals surface area (Å²) in [7, 11) is 0. The summed E-state index contributed by atoms with van der Waals surface area (Å²) >= 11 is 3.61. The van der Waals surface area contributed by atoms with E-state index in [0.29, 0.717) is 19.7 Å². The summed E-state index contributed by atoms with van der Waals surface area (Å²) in [5.74, 6) is 2.44. The van der Waals surface area contributed by atoms with E-state index >= 15 is 0 Å². The molecular weight excluding hydrogens is 394 g/mol. The Morgan fingerprint density at radius 2 is 2.00 bits per heavy atom. The number of ether oxygens (including phenoxy) is 2. The number of aromatic nitrogens is 2. The largest absolute Gasteiger partial charge is 0.490 e. The first-order valence-electron chi connectivity index (χ1n) is 8.83. The number of fused-ring (bicyclic) bond motifs is 1. The van der Waals surface area contributed by atoms with E-state index in [0.717, 1.165) is 38.4 Å². The molecule has 1 aromatic heterocycles. The average molecular weight is 418 g/mol. The first kappa shape index (κ1) is 18.7. The van der Waals surface area contributed by atoms with E-state index in [2.05, 4.69) is 37.3 Å². The van der Waals surface area contributed by atoms with E-state index in [1.165, 1.54) is 0 Å². The van der Waals surface area contributed by atoms with Crippen LogP contribution < -0.4 is 14.8 Å². The highest BCUT2D eigenvalue weighted by Crippen LogP contribution is 2.37. The van der Waals surface area contributed by atoms with Gasteiger partial charge in [-0.15, -0.1) is 0 Å². The van der Waals surface area contributed by atoms with Crippen molar-refractivity contribution in [3.8, 4) is 11.5 Å². The molecule has 0 spiro atoms. The summed E-state index contributed by atoms with van der Waals surface area (Å²) in [5, 5.41) is 3.42. The van der Waals surface area contributed by atoms with Crippen LogP contribution in [0.4, 0.5) is 0 Å². The molecule has 0 saturated carbocycles. The molecule has 3 rings (SSSR count). The topological polar surface area (TPSA) is 59.2 Å². The van der Waals surface area contributed by atoms with Crippen molar-refractivity contribution in [1.82, 2.24) is 15.3 Å². The fraction of sp³-hybridized carbons (Fsp3) is 0.350. The van der Waals surface area contributed by atoms with Crippen LogP contribution in [0, 0.1) is 0 Å². The summed E-state index contributed by atoms with van der Waals surface area (Å²) in [5.41, 5.74) is 3.16. The average Bonchev–Trinajstić information content (AvgIpc) is 3.00. The van der Waals surface area contributed by atoms with Crippen LogP contribution >= 0.6 is 15.9 Å². The number of para-hydroxylation sites is 2. The van der Waals surface area contributed by atoms with Gasteiger partial charge in [-0.1, -0.05) is 12.1 Å². The summed E-state index contributed by atoms with van der Waals surface area (Å²) in [6.45, 7) is 7.95. The Morgan fingerprint density at radius 3 is 2.73 bits per heavy atom. The molecule has 0 amide bonds. The van der Waals surface area contributed by atoms with Crippen LogP contribution in [0.2, 0.25) is 0 Å². The summed E-state index contributed by atoms with van der Waals surface area (Å²) in [6.07, 6.45) is 0.0857. The van der Waals surface area contributed by atoms with E-state index in [-0.39, 0.29) is 6.10 Å². The third-order valence-corrected chi connectivity index (χ3v) is 4.37. The molecule has 3 aromatic rings. The van der Waals surface area contributed by atoms with Gasteiger partial charge in [0.15, 0.2) is 11.5 Å². The Kier molecular flexibility index (Phi) is 6.16. The Bertz CT molecular complexity index is 844. The molecule has 0 fully saturated rings. The lowest BCUT2D eigenvalue weighted by atomic mass is 10.2. The number of imidazole rings is 1. The zero-order valence-corrected chi connectivity index (χ0v) is 16.9. The molecule has 0 aliphatic rings. The number of aromatic amines is 1. The second-order valence-electron chi connectivity index (χ2n) is 6.31. The Balaban J connectivity index is 1.68. The maximum Gasteiger partial charge on any atom is 0.175 e. The normalized spacial score (nSPS) is 11.3. The summed E-state index contributed by atoms with van der Waals surface area (Å²) < 4.78 is 12.5. The predicted octanol–water partition coefficient (Wildman–Crippen LogP) is 4.80. The molecular formula is C20H24BrN3O2. The maximum absolute atomic E-state index is 5.88. The SMILES string of the molecule is CCOc1cc(CNCc2nc3ccccc3[nH]2)cc(Br)c1OC(C)C. The van der Waals surface area contributed by atoms with Crippen LogP contribution in [0.5, 0.6) is 11.5 Å².